The standard InChI is InChI=1S/C22H16N2O4/c25-20-16-6-3-5-14(16)15-9-8-13(11-18(15)24-20)23-21(26)17-10-12-4-1-2-7-19(12)28-22(17)27/h1-2,4,7-11,15H,3,5-6H2,(H,24,25). The SMILES string of the molecule is O=C1NC2=CC(=NC(=O)c3cc4ccccc4oc3=O)C=CC2C2=C1CCC2. The van der Waals surface area contributed by atoms with Crippen molar-refractivity contribution < 1.29 is 14.0 Å². The fourth-order valence-corrected chi connectivity index (χ4v) is 4.05. The van der Waals surface area contributed by atoms with Gasteiger partial charge in [-0.15, -0.1) is 0 Å². The van der Waals surface area contributed by atoms with Gasteiger partial charge in [0.1, 0.15) is 11.1 Å². The van der Waals surface area contributed by atoms with E-state index in [1.165, 1.54) is 6.07 Å². The zero-order valence-corrected chi connectivity index (χ0v) is 14.9. The van der Waals surface area contributed by atoms with Gasteiger partial charge in [0.15, 0.2) is 0 Å². The lowest BCUT2D eigenvalue weighted by Gasteiger charge is -2.28. The van der Waals surface area contributed by atoms with Gasteiger partial charge in [-0.3, -0.25) is 9.59 Å². The zero-order chi connectivity index (χ0) is 19.3. The fourth-order valence-electron chi connectivity index (χ4n) is 4.05. The second-order valence-corrected chi connectivity index (χ2v) is 7.08. The molecule has 0 radical (unpaired) electrons. The molecule has 0 bridgehead atoms. The van der Waals surface area contributed by atoms with Crippen LogP contribution in [0.4, 0.5) is 0 Å². The second-order valence-electron chi connectivity index (χ2n) is 7.08. The number of amides is 2. The molecule has 2 aliphatic carbocycles. The van der Waals surface area contributed by atoms with Crippen LogP contribution in [-0.4, -0.2) is 17.5 Å². The molecule has 1 atom stereocenters. The maximum Gasteiger partial charge on any atom is 0.349 e. The van der Waals surface area contributed by atoms with E-state index in [1.54, 1.807) is 36.4 Å². The summed E-state index contributed by atoms with van der Waals surface area (Å²) in [5.41, 5.74) is 2.75. The predicted octanol–water partition coefficient (Wildman–Crippen LogP) is 3.05. The Labute approximate surface area is 160 Å². The first-order chi connectivity index (χ1) is 13.6. The Hall–Kier alpha value is -3.54. The Morgan fingerprint density at radius 2 is 2.04 bits per heavy atom. The minimum atomic E-state index is -0.718. The molecule has 28 heavy (non-hydrogen) atoms. The third-order valence-corrected chi connectivity index (χ3v) is 5.37. The molecule has 5 rings (SSSR count). The van der Waals surface area contributed by atoms with Gasteiger partial charge in [0.2, 0.25) is 0 Å². The first kappa shape index (κ1) is 16.6. The van der Waals surface area contributed by atoms with Crippen LogP contribution in [-0.2, 0) is 4.79 Å². The highest BCUT2D eigenvalue weighted by atomic mass is 16.4. The van der Waals surface area contributed by atoms with E-state index in [9.17, 15) is 14.4 Å². The molecule has 1 N–H and O–H groups in total. The van der Waals surface area contributed by atoms with Crippen molar-refractivity contribution in [1.82, 2.24) is 5.32 Å². The molecule has 6 heteroatoms. The van der Waals surface area contributed by atoms with E-state index >= 15 is 0 Å². The monoisotopic (exact) mass is 372 g/mol. The van der Waals surface area contributed by atoms with Crippen molar-refractivity contribution in [2.45, 2.75) is 19.3 Å². The average molecular weight is 372 g/mol. The van der Waals surface area contributed by atoms with E-state index in [0.29, 0.717) is 16.7 Å². The largest absolute Gasteiger partial charge is 0.422 e. The summed E-state index contributed by atoms with van der Waals surface area (Å²) in [7, 11) is 0. The van der Waals surface area contributed by atoms with Crippen molar-refractivity contribution in [2.75, 3.05) is 0 Å². The van der Waals surface area contributed by atoms with E-state index in [0.717, 1.165) is 36.1 Å². The highest BCUT2D eigenvalue weighted by molar-refractivity contribution is 6.14. The second kappa shape index (κ2) is 6.27. The van der Waals surface area contributed by atoms with Crippen molar-refractivity contribution in [2.24, 2.45) is 10.9 Å². The normalized spacial score (nSPS) is 22.1. The van der Waals surface area contributed by atoms with E-state index in [2.05, 4.69) is 10.3 Å². The summed E-state index contributed by atoms with van der Waals surface area (Å²) >= 11 is 0. The number of fused-ring (bicyclic) bond motifs is 3. The first-order valence-corrected chi connectivity index (χ1v) is 9.19. The van der Waals surface area contributed by atoms with Crippen LogP contribution in [0.25, 0.3) is 11.0 Å². The molecule has 1 unspecified atom stereocenters. The number of allylic oxidation sites excluding steroid dienone is 3. The highest BCUT2D eigenvalue weighted by Gasteiger charge is 2.34. The van der Waals surface area contributed by atoms with Crippen LogP contribution in [0, 0.1) is 5.92 Å². The summed E-state index contributed by atoms with van der Waals surface area (Å²) in [5.74, 6) is -0.696. The topological polar surface area (TPSA) is 88.7 Å². The average Bonchev–Trinajstić information content (AvgIpc) is 3.18. The highest BCUT2D eigenvalue weighted by Crippen LogP contribution is 2.39. The van der Waals surface area contributed by atoms with Gasteiger partial charge in [-0.1, -0.05) is 24.3 Å². The number of hydrogen-bond acceptors (Lipinski definition) is 4. The smallest absolute Gasteiger partial charge is 0.349 e. The van der Waals surface area contributed by atoms with E-state index in [-0.39, 0.29) is 17.4 Å². The van der Waals surface area contributed by atoms with Crippen LogP contribution in [0.1, 0.15) is 29.6 Å². The maximum atomic E-state index is 12.6. The molecule has 1 aromatic carbocycles. The van der Waals surface area contributed by atoms with E-state index in [4.69, 9.17) is 4.42 Å². The molecule has 2 amide bonds. The van der Waals surface area contributed by atoms with Crippen molar-refractivity contribution in [3.63, 3.8) is 0 Å². The number of rotatable bonds is 1. The summed E-state index contributed by atoms with van der Waals surface area (Å²) < 4.78 is 5.21. The quantitative estimate of drug-likeness (QED) is 0.779. The molecule has 0 saturated heterocycles. The summed E-state index contributed by atoms with van der Waals surface area (Å²) in [6.45, 7) is 0. The van der Waals surface area contributed by atoms with Gasteiger partial charge in [-0.25, -0.2) is 9.79 Å². The zero-order valence-electron chi connectivity index (χ0n) is 14.9. The van der Waals surface area contributed by atoms with Crippen LogP contribution < -0.4 is 10.9 Å². The minimum Gasteiger partial charge on any atom is -0.422 e. The van der Waals surface area contributed by atoms with Crippen molar-refractivity contribution in [3.8, 4) is 0 Å². The first-order valence-electron chi connectivity index (χ1n) is 9.19. The molecule has 6 nitrogen and oxygen atoms in total. The number of nitrogens with zero attached hydrogens (tertiary/aromatic N) is 1. The van der Waals surface area contributed by atoms with Gasteiger partial charge < -0.3 is 9.73 Å². The Morgan fingerprint density at radius 1 is 1.18 bits per heavy atom. The van der Waals surface area contributed by atoms with Gasteiger partial charge in [0, 0.05) is 22.6 Å². The molecule has 1 aromatic heterocycles. The van der Waals surface area contributed by atoms with E-state index in [1.807, 2.05) is 6.08 Å². The molecule has 1 aliphatic heterocycles. The van der Waals surface area contributed by atoms with E-state index < -0.39 is 11.5 Å². The lowest BCUT2D eigenvalue weighted by atomic mass is 9.85. The van der Waals surface area contributed by atoms with Crippen LogP contribution in [0.3, 0.4) is 0 Å². The van der Waals surface area contributed by atoms with Crippen LogP contribution in [0.15, 0.2) is 79.6 Å². The summed E-state index contributed by atoms with van der Waals surface area (Å²) in [6.07, 6.45) is 8.13. The van der Waals surface area contributed by atoms with Crippen molar-refractivity contribution in [1.29, 1.82) is 0 Å². The maximum absolute atomic E-state index is 12.6. The molecule has 138 valence electrons. The Bertz CT molecular complexity index is 1230. The Morgan fingerprint density at radius 3 is 2.93 bits per heavy atom. The fraction of sp³-hybridized carbons (Fsp3) is 0.182. The molecular weight excluding hydrogens is 356 g/mol. The van der Waals surface area contributed by atoms with Crippen LogP contribution in [0.2, 0.25) is 0 Å². The van der Waals surface area contributed by atoms with Crippen LogP contribution >= 0.6 is 0 Å². The molecule has 2 aromatic rings. The summed E-state index contributed by atoms with van der Waals surface area (Å²) in [5, 5.41) is 3.56. The number of hydrogen-bond donors (Lipinski definition) is 1. The molecule has 2 heterocycles. The van der Waals surface area contributed by atoms with Gasteiger partial charge in [0.25, 0.3) is 11.8 Å². The number of para-hydroxylation sites is 1. The Kier molecular flexibility index (Phi) is 3.72. The van der Waals surface area contributed by atoms with Gasteiger partial charge >= 0.3 is 5.63 Å². The molecule has 0 saturated carbocycles. The number of carbonyl (C=O) groups is 2. The third kappa shape index (κ3) is 2.65. The molecule has 3 aliphatic rings. The predicted molar refractivity (Wildman–Crippen MR) is 104 cm³/mol. The summed E-state index contributed by atoms with van der Waals surface area (Å²) in [6, 6.07) is 8.48. The number of nitrogens with one attached hydrogen (secondary N) is 1. The molecular formula is C22H16N2O4. The molecule has 0 fully saturated rings. The third-order valence-electron chi connectivity index (χ3n) is 5.37. The van der Waals surface area contributed by atoms with Crippen LogP contribution in [0.5, 0.6) is 0 Å². The Balaban J connectivity index is 1.49. The lowest BCUT2D eigenvalue weighted by molar-refractivity contribution is -0.117. The van der Waals surface area contributed by atoms with Crippen molar-refractivity contribution in [3.05, 3.63) is 81.4 Å². The number of aliphatic imine (C=N–C) groups is 1. The number of carbonyl (C=O) groups excluding carboxylic acids is 2. The van der Waals surface area contributed by atoms with Gasteiger partial charge in [-0.05, 0) is 49.1 Å². The van der Waals surface area contributed by atoms with Gasteiger partial charge in [-0.2, -0.15) is 0 Å². The van der Waals surface area contributed by atoms with Crippen molar-refractivity contribution >= 4 is 28.5 Å². The summed E-state index contributed by atoms with van der Waals surface area (Å²) in [4.78, 5) is 41.1. The lowest BCUT2D eigenvalue weighted by Crippen LogP contribution is -2.35. The van der Waals surface area contributed by atoms with Gasteiger partial charge in [0.05, 0.1) is 5.71 Å². The minimum absolute atomic E-state index is 0.0370. The molecule has 0 spiro atoms. The number of benzene rings is 1.